The molecule has 0 amide bonds. The summed E-state index contributed by atoms with van der Waals surface area (Å²) in [6, 6.07) is 13.3. The monoisotopic (exact) mass is 453 g/mol. The maximum atomic E-state index is 13.6. The van der Waals surface area contributed by atoms with Gasteiger partial charge in [-0.2, -0.15) is 0 Å². The average Bonchev–Trinajstić information content (AvgIpc) is 2.79. The molecule has 4 rings (SSSR count). The third-order valence-corrected chi connectivity index (χ3v) is 6.50. The fourth-order valence-electron chi connectivity index (χ4n) is 4.52. The van der Waals surface area contributed by atoms with Crippen molar-refractivity contribution in [3.05, 3.63) is 63.7 Å². The molecular weight excluding hydrogens is 422 g/mol. The first kappa shape index (κ1) is 22.8. The number of rotatable bonds is 7. The largest absolute Gasteiger partial charge is 0.457 e. The molecule has 2 aromatic carbocycles. The molecule has 1 saturated heterocycles. The van der Waals surface area contributed by atoms with Crippen molar-refractivity contribution >= 4 is 22.5 Å². The van der Waals surface area contributed by atoms with Crippen LogP contribution in [0.3, 0.4) is 0 Å². The Hall–Kier alpha value is -2.37. The number of hydrogen-bond donors (Lipinski definition) is 0. The maximum absolute atomic E-state index is 13.6. The highest BCUT2D eigenvalue weighted by Crippen LogP contribution is 2.26. The third kappa shape index (κ3) is 5.16. The van der Waals surface area contributed by atoms with E-state index in [-0.39, 0.29) is 5.56 Å². The van der Waals surface area contributed by atoms with Crippen molar-refractivity contribution in [1.82, 2.24) is 14.5 Å². The fourth-order valence-corrected chi connectivity index (χ4v) is 4.65. The van der Waals surface area contributed by atoms with E-state index in [1.54, 1.807) is 12.1 Å². The summed E-state index contributed by atoms with van der Waals surface area (Å²) in [5.41, 5.74) is 0.757. The summed E-state index contributed by atoms with van der Waals surface area (Å²) in [6.07, 6.45) is 4.09. The molecule has 1 aliphatic rings. The summed E-state index contributed by atoms with van der Waals surface area (Å²) in [5, 5.41) is 1.26. The van der Waals surface area contributed by atoms with Gasteiger partial charge in [0.15, 0.2) is 0 Å². The lowest BCUT2D eigenvalue weighted by Gasteiger charge is -2.35. The van der Waals surface area contributed by atoms with Crippen LogP contribution in [-0.4, -0.2) is 33.6 Å². The molecule has 0 saturated carbocycles. The van der Waals surface area contributed by atoms with Crippen molar-refractivity contribution in [1.29, 1.82) is 0 Å². The number of aryl methyl sites for hydroxylation is 1. The predicted molar refractivity (Wildman–Crippen MR) is 131 cm³/mol. The van der Waals surface area contributed by atoms with Crippen molar-refractivity contribution in [2.75, 3.05) is 13.1 Å². The van der Waals surface area contributed by atoms with Crippen molar-refractivity contribution in [2.24, 2.45) is 5.92 Å². The summed E-state index contributed by atoms with van der Waals surface area (Å²) < 4.78 is 7.89. The van der Waals surface area contributed by atoms with Crippen LogP contribution in [0.15, 0.2) is 47.3 Å². The molecule has 5 nitrogen and oxygen atoms in total. The minimum Gasteiger partial charge on any atom is -0.457 e. The van der Waals surface area contributed by atoms with Gasteiger partial charge in [-0.05, 0) is 88.0 Å². The second kappa shape index (κ2) is 10.1. The van der Waals surface area contributed by atoms with E-state index in [0.717, 1.165) is 50.2 Å². The summed E-state index contributed by atoms with van der Waals surface area (Å²) in [5.74, 6) is 2.66. The number of fused-ring (bicyclic) bond motifs is 1. The third-order valence-electron chi connectivity index (χ3n) is 6.25. The van der Waals surface area contributed by atoms with Gasteiger partial charge in [-0.1, -0.05) is 18.5 Å². The van der Waals surface area contributed by atoms with E-state index in [4.69, 9.17) is 21.3 Å². The number of aromatic nitrogens is 2. The lowest BCUT2D eigenvalue weighted by molar-refractivity contribution is 0.129. The van der Waals surface area contributed by atoms with Crippen molar-refractivity contribution < 1.29 is 4.74 Å². The van der Waals surface area contributed by atoms with Gasteiger partial charge in [0.2, 0.25) is 0 Å². The highest BCUT2D eigenvalue weighted by molar-refractivity contribution is 6.30. The number of benzene rings is 2. The molecule has 1 fully saturated rings. The number of halogens is 1. The fraction of sp³-hybridized carbons (Fsp3) is 0.462. The Morgan fingerprint density at radius 3 is 2.62 bits per heavy atom. The van der Waals surface area contributed by atoms with E-state index in [0.29, 0.717) is 33.9 Å². The number of nitrogens with zero attached hydrogens (tertiary/aromatic N) is 3. The van der Waals surface area contributed by atoms with E-state index in [9.17, 15) is 4.79 Å². The van der Waals surface area contributed by atoms with E-state index in [2.05, 4.69) is 25.7 Å². The Kier molecular flexibility index (Phi) is 7.17. The summed E-state index contributed by atoms with van der Waals surface area (Å²) in [4.78, 5) is 21.0. The van der Waals surface area contributed by atoms with Gasteiger partial charge in [-0.15, -0.1) is 0 Å². The van der Waals surface area contributed by atoms with Crippen LogP contribution in [0.4, 0.5) is 0 Å². The van der Waals surface area contributed by atoms with Crippen LogP contribution in [0.1, 0.15) is 45.9 Å². The van der Waals surface area contributed by atoms with Gasteiger partial charge in [0.1, 0.15) is 17.3 Å². The van der Waals surface area contributed by atoms with Crippen molar-refractivity contribution in [2.45, 2.75) is 59.0 Å². The first-order valence-electron chi connectivity index (χ1n) is 11.7. The molecule has 0 N–H and O–H groups in total. The minimum absolute atomic E-state index is 0.0293. The van der Waals surface area contributed by atoms with E-state index < -0.39 is 0 Å². The second-order valence-corrected chi connectivity index (χ2v) is 9.46. The van der Waals surface area contributed by atoms with Crippen LogP contribution in [0.25, 0.3) is 10.9 Å². The Morgan fingerprint density at radius 2 is 1.91 bits per heavy atom. The Labute approximate surface area is 195 Å². The van der Waals surface area contributed by atoms with E-state index in [1.165, 1.54) is 6.42 Å². The first-order valence-corrected chi connectivity index (χ1v) is 12.0. The Balaban J connectivity index is 1.67. The van der Waals surface area contributed by atoms with E-state index in [1.807, 2.05) is 34.9 Å². The zero-order valence-corrected chi connectivity index (χ0v) is 19.9. The topological polar surface area (TPSA) is 47.4 Å². The van der Waals surface area contributed by atoms with Crippen LogP contribution in [0.5, 0.6) is 11.5 Å². The van der Waals surface area contributed by atoms with Crippen LogP contribution in [0, 0.1) is 5.92 Å². The smallest absolute Gasteiger partial charge is 0.261 e. The minimum atomic E-state index is 0.0293. The summed E-state index contributed by atoms with van der Waals surface area (Å²) in [6.45, 7) is 9.53. The van der Waals surface area contributed by atoms with Crippen LogP contribution in [-0.2, 0) is 13.0 Å². The molecule has 6 heteroatoms. The molecule has 1 atom stereocenters. The molecule has 3 aromatic rings. The Bertz CT molecular complexity index is 1120. The van der Waals surface area contributed by atoms with Gasteiger partial charge in [0.25, 0.3) is 5.56 Å². The molecule has 1 aromatic heterocycles. The van der Waals surface area contributed by atoms with Crippen molar-refractivity contribution in [3.63, 3.8) is 0 Å². The number of likely N-dealkylation sites (tertiary alicyclic amines) is 1. The van der Waals surface area contributed by atoms with Crippen LogP contribution in [0.2, 0.25) is 5.02 Å². The summed E-state index contributed by atoms with van der Waals surface area (Å²) in [7, 11) is 0. The highest BCUT2D eigenvalue weighted by atomic mass is 35.5. The van der Waals surface area contributed by atoms with Gasteiger partial charge in [-0.3, -0.25) is 9.36 Å². The number of piperidine rings is 1. The SMILES string of the molecule is CCCc1nc2ccc(Oc3ccc(Cl)cc3)cc2c(=O)n1C[C@H]1CCCN(C(C)C)C1. The molecular formula is C26H32ClN3O2. The van der Waals surface area contributed by atoms with E-state index >= 15 is 0 Å². The predicted octanol–water partition coefficient (Wildman–Crippen LogP) is 5.92. The second-order valence-electron chi connectivity index (χ2n) is 9.03. The quantitative estimate of drug-likeness (QED) is 0.445. The molecule has 0 radical (unpaired) electrons. The van der Waals surface area contributed by atoms with Gasteiger partial charge < -0.3 is 9.64 Å². The zero-order valence-electron chi connectivity index (χ0n) is 19.2. The van der Waals surface area contributed by atoms with Gasteiger partial charge in [-0.25, -0.2) is 4.98 Å². The number of hydrogen-bond acceptors (Lipinski definition) is 4. The Morgan fingerprint density at radius 1 is 1.16 bits per heavy atom. The molecule has 0 spiro atoms. The molecule has 0 unspecified atom stereocenters. The van der Waals surface area contributed by atoms with Crippen LogP contribution < -0.4 is 10.3 Å². The molecule has 0 aliphatic carbocycles. The number of ether oxygens (including phenoxy) is 1. The lowest BCUT2D eigenvalue weighted by Crippen LogP contribution is -2.42. The van der Waals surface area contributed by atoms with Gasteiger partial charge in [0, 0.05) is 30.6 Å². The molecule has 0 bridgehead atoms. The van der Waals surface area contributed by atoms with Gasteiger partial charge >= 0.3 is 0 Å². The molecule has 2 heterocycles. The molecule has 1 aliphatic heterocycles. The van der Waals surface area contributed by atoms with Crippen LogP contribution >= 0.6 is 11.6 Å². The first-order chi connectivity index (χ1) is 15.4. The van der Waals surface area contributed by atoms with Crippen molar-refractivity contribution in [3.8, 4) is 11.5 Å². The normalized spacial score (nSPS) is 17.2. The standard InChI is InChI=1S/C26H32ClN3O2/c1-4-6-25-28-24-13-12-22(32-21-10-8-20(27)9-11-21)15-23(24)26(31)30(25)17-19-7-5-14-29(16-19)18(2)3/h8-13,15,18-19H,4-7,14,16-17H2,1-3H3/t19-/m0/s1. The maximum Gasteiger partial charge on any atom is 0.261 e. The summed E-state index contributed by atoms with van der Waals surface area (Å²) >= 11 is 5.97. The molecule has 170 valence electrons. The average molecular weight is 454 g/mol. The molecule has 32 heavy (non-hydrogen) atoms. The lowest BCUT2D eigenvalue weighted by atomic mass is 9.96. The highest BCUT2D eigenvalue weighted by Gasteiger charge is 2.23. The zero-order chi connectivity index (χ0) is 22.7. The van der Waals surface area contributed by atoms with Gasteiger partial charge in [0.05, 0.1) is 10.9 Å².